The van der Waals surface area contributed by atoms with E-state index >= 15 is 0 Å². The van der Waals surface area contributed by atoms with Crippen molar-refractivity contribution in [2.24, 2.45) is 7.05 Å². The van der Waals surface area contributed by atoms with Crippen molar-refractivity contribution in [1.29, 1.82) is 0 Å². The lowest BCUT2D eigenvalue weighted by molar-refractivity contribution is 0.0726. The van der Waals surface area contributed by atoms with Crippen LogP contribution in [0, 0.1) is 6.92 Å². The first-order valence-electron chi connectivity index (χ1n) is 12.0. The molecule has 1 N–H and O–H groups in total. The van der Waals surface area contributed by atoms with Crippen LogP contribution in [0.4, 0.5) is 5.69 Å². The summed E-state index contributed by atoms with van der Waals surface area (Å²) in [7, 11) is -0.322. The highest BCUT2D eigenvalue weighted by Crippen LogP contribution is 2.29. The number of benzene rings is 2. The minimum atomic E-state index is -3.71. The van der Waals surface area contributed by atoms with Crippen LogP contribution in [0.1, 0.15) is 16.1 Å². The van der Waals surface area contributed by atoms with Crippen LogP contribution in [0.2, 0.25) is 0 Å². The van der Waals surface area contributed by atoms with Crippen molar-refractivity contribution in [2.45, 2.75) is 11.8 Å². The van der Waals surface area contributed by atoms with E-state index in [2.05, 4.69) is 10.3 Å². The van der Waals surface area contributed by atoms with Crippen molar-refractivity contribution in [1.82, 2.24) is 19.8 Å². The first-order valence-corrected chi connectivity index (χ1v) is 13.5. The fraction of sp³-hybridized carbons (Fsp3) is 0.259. The van der Waals surface area contributed by atoms with E-state index in [1.54, 1.807) is 36.4 Å². The Hall–Kier alpha value is -3.60. The first kappa shape index (κ1) is 27.4. The number of halogens is 1. The second kappa shape index (κ2) is 11.0. The number of carbonyl (C=O) groups excluding carboxylic acids is 1. The van der Waals surface area contributed by atoms with E-state index in [0.717, 1.165) is 29.6 Å². The average Bonchev–Trinajstić information content (AvgIpc) is 3.24. The second-order valence-corrected chi connectivity index (χ2v) is 11.1. The van der Waals surface area contributed by atoms with E-state index in [-0.39, 0.29) is 23.2 Å². The number of amides is 1. The van der Waals surface area contributed by atoms with Gasteiger partial charge in [0.15, 0.2) is 0 Å². The van der Waals surface area contributed by atoms with Gasteiger partial charge in [0.25, 0.3) is 15.9 Å². The topological polar surface area (TPSA) is 96.8 Å². The van der Waals surface area contributed by atoms with Gasteiger partial charge in [-0.25, -0.2) is 13.4 Å². The molecule has 2 aromatic carbocycles. The van der Waals surface area contributed by atoms with E-state index < -0.39 is 10.0 Å². The van der Waals surface area contributed by atoms with Crippen LogP contribution in [-0.2, 0) is 17.1 Å². The van der Waals surface area contributed by atoms with Crippen LogP contribution in [0.25, 0.3) is 10.9 Å². The summed E-state index contributed by atoms with van der Waals surface area (Å²) in [6.45, 7) is 4.89. The standard InChI is InChI=1S/C27H29N5O4S.ClH/c1-19-4-8-23(9-5-19)37(34,35)31(3)21-6-11-26(29-18-21)36-22-7-10-24-20(16-22)17-25(30(24)2)27(33)32-14-12-28-13-15-32;/h4-11,16-18,28H,12-15H2,1-3H3;1H. The van der Waals surface area contributed by atoms with Crippen LogP contribution >= 0.6 is 12.4 Å². The summed E-state index contributed by atoms with van der Waals surface area (Å²) in [6.07, 6.45) is 1.46. The van der Waals surface area contributed by atoms with Crippen molar-refractivity contribution in [3.05, 3.63) is 78.1 Å². The molecule has 0 spiro atoms. The fourth-order valence-electron chi connectivity index (χ4n) is 4.37. The van der Waals surface area contributed by atoms with Crippen LogP contribution in [0.15, 0.2) is 71.8 Å². The third kappa shape index (κ3) is 5.33. The number of hydrogen-bond donors (Lipinski definition) is 1. The lowest BCUT2D eigenvalue weighted by Crippen LogP contribution is -2.46. The third-order valence-electron chi connectivity index (χ3n) is 6.62. The molecule has 0 unspecified atom stereocenters. The highest BCUT2D eigenvalue weighted by Gasteiger charge is 2.23. The number of ether oxygens (including phenoxy) is 1. The minimum Gasteiger partial charge on any atom is -0.439 e. The maximum Gasteiger partial charge on any atom is 0.270 e. The summed E-state index contributed by atoms with van der Waals surface area (Å²) >= 11 is 0. The van der Waals surface area contributed by atoms with Gasteiger partial charge >= 0.3 is 0 Å². The van der Waals surface area contributed by atoms with Crippen molar-refractivity contribution in [2.75, 3.05) is 37.5 Å². The van der Waals surface area contributed by atoms with Gasteiger partial charge in [0, 0.05) is 57.2 Å². The molecule has 1 aliphatic heterocycles. The first-order chi connectivity index (χ1) is 17.7. The van der Waals surface area contributed by atoms with Gasteiger partial charge in [0.1, 0.15) is 11.4 Å². The van der Waals surface area contributed by atoms with Gasteiger partial charge in [-0.15, -0.1) is 12.4 Å². The number of fused-ring (bicyclic) bond motifs is 1. The molecule has 0 aliphatic carbocycles. The summed E-state index contributed by atoms with van der Waals surface area (Å²) < 4.78 is 35.0. The Labute approximate surface area is 228 Å². The smallest absolute Gasteiger partial charge is 0.270 e. The quantitative estimate of drug-likeness (QED) is 0.387. The Morgan fingerprint density at radius 1 is 1.03 bits per heavy atom. The highest BCUT2D eigenvalue weighted by molar-refractivity contribution is 7.92. The molecular weight excluding hydrogens is 526 g/mol. The summed E-state index contributed by atoms with van der Waals surface area (Å²) in [6, 6.07) is 17.5. The predicted molar refractivity (Wildman–Crippen MR) is 150 cm³/mol. The van der Waals surface area contributed by atoms with Crippen LogP contribution in [0.3, 0.4) is 0 Å². The summed E-state index contributed by atoms with van der Waals surface area (Å²) in [4.78, 5) is 19.4. The number of piperazine rings is 1. The molecule has 2 aromatic heterocycles. The van der Waals surface area contributed by atoms with Crippen molar-refractivity contribution in [3.63, 3.8) is 0 Å². The number of nitrogens with zero attached hydrogens (tertiary/aromatic N) is 4. The summed E-state index contributed by atoms with van der Waals surface area (Å²) in [5.41, 5.74) is 2.97. The molecule has 200 valence electrons. The van der Waals surface area contributed by atoms with Crippen molar-refractivity contribution >= 4 is 44.9 Å². The Bertz CT molecular complexity index is 1550. The van der Waals surface area contributed by atoms with Crippen molar-refractivity contribution < 1.29 is 17.9 Å². The second-order valence-electron chi connectivity index (χ2n) is 9.09. The van der Waals surface area contributed by atoms with Gasteiger partial charge in [-0.1, -0.05) is 17.7 Å². The molecule has 1 amide bonds. The van der Waals surface area contributed by atoms with Gasteiger partial charge in [-0.3, -0.25) is 9.10 Å². The maximum absolute atomic E-state index is 13.0. The largest absolute Gasteiger partial charge is 0.439 e. The molecular formula is C27H30ClN5O4S. The molecule has 38 heavy (non-hydrogen) atoms. The number of sulfonamides is 1. The Morgan fingerprint density at radius 3 is 2.39 bits per heavy atom. The lowest BCUT2D eigenvalue weighted by Gasteiger charge is -2.27. The van der Waals surface area contributed by atoms with Crippen molar-refractivity contribution in [3.8, 4) is 11.6 Å². The van der Waals surface area contributed by atoms with Gasteiger partial charge in [-0.2, -0.15) is 0 Å². The number of aryl methyl sites for hydroxylation is 2. The molecule has 1 fully saturated rings. The SMILES string of the molecule is Cc1ccc(S(=O)(=O)N(C)c2ccc(Oc3ccc4c(c3)cc(C(=O)N3CCNCC3)n4C)nc2)cc1.Cl. The van der Waals surface area contributed by atoms with Gasteiger partial charge in [0.05, 0.1) is 16.8 Å². The molecule has 0 bridgehead atoms. The zero-order valence-electron chi connectivity index (χ0n) is 21.4. The highest BCUT2D eigenvalue weighted by atomic mass is 35.5. The molecule has 0 saturated carbocycles. The summed E-state index contributed by atoms with van der Waals surface area (Å²) in [5, 5.41) is 4.15. The zero-order valence-corrected chi connectivity index (χ0v) is 23.1. The maximum atomic E-state index is 13.0. The van der Waals surface area contributed by atoms with Crippen LogP contribution < -0.4 is 14.4 Å². The average molecular weight is 556 g/mol. The number of nitrogens with one attached hydrogen (secondary N) is 1. The molecule has 11 heteroatoms. The molecule has 0 atom stereocenters. The molecule has 1 aliphatic rings. The number of anilines is 1. The normalized spacial score (nSPS) is 13.7. The minimum absolute atomic E-state index is 0. The molecule has 9 nitrogen and oxygen atoms in total. The number of carbonyl (C=O) groups is 1. The number of rotatable bonds is 6. The van der Waals surface area contributed by atoms with Crippen LogP contribution in [-0.4, -0.2) is 62.0 Å². The molecule has 4 aromatic rings. The van der Waals surface area contributed by atoms with E-state index in [9.17, 15) is 13.2 Å². The van der Waals surface area contributed by atoms with E-state index in [0.29, 0.717) is 36.1 Å². The Kier molecular flexibility index (Phi) is 7.96. The number of hydrogen-bond acceptors (Lipinski definition) is 6. The van der Waals surface area contributed by atoms with E-state index in [4.69, 9.17) is 4.74 Å². The molecule has 3 heterocycles. The summed E-state index contributed by atoms with van der Waals surface area (Å²) in [5.74, 6) is 0.919. The lowest BCUT2D eigenvalue weighted by atomic mass is 10.2. The molecule has 0 radical (unpaired) electrons. The van der Waals surface area contributed by atoms with Gasteiger partial charge in [-0.05, 0) is 49.4 Å². The van der Waals surface area contributed by atoms with E-state index in [1.807, 2.05) is 47.7 Å². The Morgan fingerprint density at radius 2 is 1.74 bits per heavy atom. The fourth-order valence-corrected chi connectivity index (χ4v) is 5.55. The number of pyridine rings is 1. The number of aromatic nitrogens is 2. The van der Waals surface area contributed by atoms with E-state index in [1.165, 1.54) is 17.5 Å². The Balaban J connectivity index is 0.00000336. The molecule has 1 saturated heterocycles. The van der Waals surface area contributed by atoms with Gasteiger partial charge in [0.2, 0.25) is 5.88 Å². The monoisotopic (exact) mass is 555 g/mol. The van der Waals surface area contributed by atoms with Gasteiger partial charge < -0.3 is 19.5 Å². The third-order valence-corrected chi connectivity index (χ3v) is 8.42. The zero-order chi connectivity index (χ0) is 26.2. The molecule has 5 rings (SSSR count). The predicted octanol–water partition coefficient (Wildman–Crippen LogP) is 3.97. The van der Waals surface area contributed by atoms with Crippen LogP contribution in [0.5, 0.6) is 11.6 Å².